The number of halogens is 2. The van der Waals surface area contributed by atoms with Crippen molar-refractivity contribution < 1.29 is 9.18 Å². The summed E-state index contributed by atoms with van der Waals surface area (Å²) in [4.78, 5) is 13.4. The highest BCUT2D eigenvalue weighted by atomic mass is 79.9. The van der Waals surface area contributed by atoms with E-state index in [-0.39, 0.29) is 5.91 Å². The van der Waals surface area contributed by atoms with Gasteiger partial charge in [-0.25, -0.2) is 4.39 Å². The molecule has 3 nitrogen and oxygen atoms in total. The molecule has 0 aliphatic carbocycles. The largest absolute Gasteiger partial charge is 0.340 e. The van der Waals surface area contributed by atoms with Crippen molar-refractivity contribution in [2.24, 2.45) is 0 Å². The zero-order valence-corrected chi connectivity index (χ0v) is 10.8. The molecule has 0 bridgehead atoms. The first-order valence-corrected chi connectivity index (χ1v) is 5.70. The Balaban J connectivity index is 2.76. The molecule has 0 saturated heterocycles. The van der Waals surface area contributed by atoms with Gasteiger partial charge in [0.1, 0.15) is 5.82 Å². The van der Waals surface area contributed by atoms with Crippen LogP contribution in [0.5, 0.6) is 0 Å². The lowest BCUT2D eigenvalue weighted by Crippen LogP contribution is -2.32. The molecule has 0 radical (unpaired) electrons. The van der Waals surface area contributed by atoms with Crippen LogP contribution in [0.25, 0.3) is 0 Å². The van der Waals surface area contributed by atoms with Crippen molar-refractivity contribution in [3.63, 3.8) is 0 Å². The van der Waals surface area contributed by atoms with Crippen LogP contribution in [0.4, 0.5) is 4.39 Å². The van der Waals surface area contributed by atoms with Gasteiger partial charge in [-0.1, -0.05) is 0 Å². The maximum atomic E-state index is 13.2. The Bertz CT molecular complexity index is 384. The molecule has 16 heavy (non-hydrogen) atoms. The number of nitrogens with zero attached hydrogens (tertiary/aromatic N) is 1. The van der Waals surface area contributed by atoms with E-state index in [1.54, 1.807) is 18.0 Å². The van der Waals surface area contributed by atoms with E-state index in [9.17, 15) is 9.18 Å². The van der Waals surface area contributed by atoms with E-state index in [1.165, 1.54) is 12.1 Å². The van der Waals surface area contributed by atoms with Gasteiger partial charge in [-0.05, 0) is 41.2 Å². The van der Waals surface area contributed by atoms with Crippen molar-refractivity contribution in [3.05, 3.63) is 34.1 Å². The van der Waals surface area contributed by atoms with Crippen molar-refractivity contribution >= 4 is 21.8 Å². The van der Waals surface area contributed by atoms with Gasteiger partial charge in [0.25, 0.3) is 5.91 Å². The van der Waals surface area contributed by atoms with Crippen molar-refractivity contribution in [1.82, 2.24) is 10.2 Å². The molecule has 1 N–H and O–H groups in total. The number of amides is 1. The van der Waals surface area contributed by atoms with E-state index >= 15 is 0 Å². The lowest BCUT2D eigenvalue weighted by atomic mass is 10.2. The number of carbonyl (C=O) groups excluding carboxylic acids is 1. The van der Waals surface area contributed by atoms with Crippen molar-refractivity contribution in [1.29, 1.82) is 0 Å². The first-order valence-electron chi connectivity index (χ1n) is 4.91. The first kappa shape index (κ1) is 13.1. The van der Waals surface area contributed by atoms with Crippen LogP contribution < -0.4 is 5.32 Å². The summed E-state index contributed by atoms with van der Waals surface area (Å²) in [6, 6.07) is 4.38. The molecule has 0 fully saturated rings. The molecule has 1 amide bonds. The molecular weight excluding hydrogens is 275 g/mol. The third-order valence-corrected chi connectivity index (χ3v) is 2.85. The van der Waals surface area contributed by atoms with Crippen LogP contribution >= 0.6 is 15.9 Å². The highest BCUT2D eigenvalue weighted by molar-refractivity contribution is 9.10. The summed E-state index contributed by atoms with van der Waals surface area (Å²) in [5.74, 6) is -0.602. The van der Waals surface area contributed by atoms with Gasteiger partial charge < -0.3 is 10.2 Å². The monoisotopic (exact) mass is 288 g/mol. The summed E-state index contributed by atoms with van der Waals surface area (Å²) < 4.78 is 13.6. The van der Waals surface area contributed by atoms with Gasteiger partial charge in [-0.3, -0.25) is 4.79 Å². The third kappa shape index (κ3) is 3.28. The number of benzene rings is 1. The van der Waals surface area contributed by atoms with Gasteiger partial charge in [0.05, 0.1) is 4.47 Å². The average molecular weight is 289 g/mol. The summed E-state index contributed by atoms with van der Waals surface area (Å²) in [7, 11) is 3.51. The Labute approximate surface area is 103 Å². The molecule has 88 valence electrons. The highest BCUT2D eigenvalue weighted by Gasteiger charge is 2.12. The molecule has 0 atom stereocenters. The zero-order valence-electron chi connectivity index (χ0n) is 9.26. The third-order valence-electron chi connectivity index (χ3n) is 2.21. The lowest BCUT2D eigenvalue weighted by Gasteiger charge is -2.16. The Kier molecular flexibility index (Phi) is 4.89. The number of carbonyl (C=O) groups is 1. The van der Waals surface area contributed by atoms with Crippen LogP contribution in [0.2, 0.25) is 0 Å². The van der Waals surface area contributed by atoms with Crippen LogP contribution in [-0.2, 0) is 0 Å². The molecule has 1 aromatic carbocycles. The second-order valence-corrected chi connectivity index (χ2v) is 4.31. The highest BCUT2D eigenvalue weighted by Crippen LogP contribution is 2.17. The van der Waals surface area contributed by atoms with Crippen LogP contribution in [-0.4, -0.2) is 38.0 Å². The van der Waals surface area contributed by atoms with E-state index in [0.29, 0.717) is 23.1 Å². The average Bonchev–Trinajstić information content (AvgIpc) is 2.28. The first-order chi connectivity index (χ1) is 7.56. The normalized spacial score (nSPS) is 10.2. The SMILES string of the molecule is CNCCN(C)C(=O)c1ccc(Br)c(F)c1. The Hall–Kier alpha value is -0.940. The number of nitrogens with one attached hydrogen (secondary N) is 1. The van der Waals surface area contributed by atoms with Gasteiger partial charge in [0, 0.05) is 25.7 Å². The molecular formula is C11H14BrFN2O. The summed E-state index contributed by atoms with van der Waals surface area (Å²) in [5.41, 5.74) is 0.360. The Morgan fingerprint density at radius 3 is 2.81 bits per heavy atom. The van der Waals surface area contributed by atoms with Crippen LogP contribution in [0, 0.1) is 5.82 Å². The maximum Gasteiger partial charge on any atom is 0.253 e. The lowest BCUT2D eigenvalue weighted by molar-refractivity contribution is 0.0796. The quantitative estimate of drug-likeness (QED) is 0.918. The molecule has 0 saturated carbocycles. The molecule has 0 heterocycles. The molecule has 0 spiro atoms. The maximum absolute atomic E-state index is 13.2. The van der Waals surface area contributed by atoms with Crippen LogP contribution in [0.3, 0.4) is 0 Å². The number of hydrogen-bond donors (Lipinski definition) is 1. The minimum Gasteiger partial charge on any atom is -0.340 e. The van der Waals surface area contributed by atoms with E-state index in [4.69, 9.17) is 0 Å². The Morgan fingerprint density at radius 2 is 2.25 bits per heavy atom. The van der Waals surface area contributed by atoms with Gasteiger partial charge in [-0.2, -0.15) is 0 Å². The Morgan fingerprint density at radius 1 is 1.56 bits per heavy atom. The minimum absolute atomic E-state index is 0.179. The molecule has 0 aliphatic rings. The predicted octanol–water partition coefficient (Wildman–Crippen LogP) is 1.88. The van der Waals surface area contributed by atoms with Crippen molar-refractivity contribution in [2.75, 3.05) is 27.2 Å². The second-order valence-electron chi connectivity index (χ2n) is 3.46. The van der Waals surface area contributed by atoms with Gasteiger partial charge in [0.2, 0.25) is 0 Å². The summed E-state index contributed by atoms with van der Waals surface area (Å²) in [6.45, 7) is 1.30. The molecule has 0 aliphatic heterocycles. The van der Waals surface area contributed by atoms with E-state index in [0.717, 1.165) is 0 Å². The van der Waals surface area contributed by atoms with Crippen LogP contribution in [0.15, 0.2) is 22.7 Å². The standard InChI is InChI=1S/C11H14BrFN2O/c1-14-5-6-15(2)11(16)8-3-4-9(12)10(13)7-8/h3-4,7,14H,5-6H2,1-2H3. The number of likely N-dealkylation sites (N-methyl/N-ethyl adjacent to an activating group) is 2. The van der Waals surface area contributed by atoms with Gasteiger partial charge >= 0.3 is 0 Å². The fourth-order valence-electron chi connectivity index (χ4n) is 1.23. The molecule has 1 rings (SSSR count). The van der Waals surface area contributed by atoms with E-state index < -0.39 is 5.82 Å². The fraction of sp³-hybridized carbons (Fsp3) is 0.364. The summed E-state index contributed by atoms with van der Waals surface area (Å²) in [5, 5.41) is 2.95. The predicted molar refractivity (Wildman–Crippen MR) is 65.0 cm³/mol. The fourth-order valence-corrected chi connectivity index (χ4v) is 1.48. The van der Waals surface area contributed by atoms with E-state index in [1.807, 2.05) is 7.05 Å². The zero-order chi connectivity index (χ0) is 12.1. The summed E-state index contributed by atoms with van der Waals surface area (Å²) in [6.07, 6.45) is 0. The number of hydrogen-bond acceptors (Lipinski definition) is 2. The molecule has 0 unspecified atom stereocenters. The van der Waals surface area contributed by atoms with E-state index in [2.05, 4.69) is 21.2 Å². The summed E-state index contributed by atoms with van der Waals surface area (Å²) >= 11 is 3.05. The van der Waals surface area contributed by atoms with Gasteiger partial charge in [-0.15, -0.1) is 0 Å². The molecule has 0 aromatic heterocycles. The smallest absolute Gasteiger partial charge is 0.253 e. The van der Waals surface area contributed by atoms with Crippen molar-refractivity contribution in [3.8, 4) is 0 Å². The van der Waals surface area contributed by atoms with Crippen LogP contribution in [0.1, 0.15) is 10.4 Å². The number of rotatable bonds is 4. The topological polar surface area (TPSA) is 32.3 Å². The second kappa shape index (κ2) is 5.96. The molecule has 1 aromatic rings. The molecule has 5 heteroatoms. The van der Waals surface area contributed by atoms with Gasteiger partial charge in [0.15, 0.2) is 0 Å². The minimum atomic E-state index is -0.423. The van der Waals surface area contributed by atoms with Crippen molar-refractivity contribution in [2.45, 2.75) is 0 Å².